The highest BCUT2D eigenvalue weighted by atomic mass is 19.1. The number of carbonyl (C=O) groups is 2. The first kappa shape index (κ1) is 15.5. The fraction of sp³-hybridized carbons (Fsp3) is 0.125. The van der Waals surface area contributed by atoms with Gasteiger partial charge in [0.1, 0.15) is 11.9 Å². The van der Waals surface area contributed by atoms with Gasteiger partial charge in [0.2, 0.25) is 5.91 Å². The van der Waals surface area contributed by atoms with Crippen LogP contribution in [0.3, 0.4) is 0 Å². The molecule has 2 amide bonds. The zero-order valence-electron chi connectivity index (χ0n) is 11.8. The maximum atomic E-state index is 13.0. The largest absolute Gasteiger partial charge is 0.465 e. The fourth-order valence-corrected chi connectivity index (χ4v) is 1.97. The number of rotatable bonds is 4. The van der Waals surface area contributed by atoms with Gasteiger partial charge in [0.25, 0.3) is 0 Å². The highest BCUT2D eigenvalue weighted by Crippen LogP contribution is 2.28. The van der Waals surface area contributed by atoms with E-state index in [0.29, 0.717) is 5.69 Å². The standard InChI is InChI=1S/C16H15FN2O3/c1-10(18-16(21)22)15(20)19-14-5-3-2-4-13(14)11-6-8-12(17)9-7-11/h2-10,18H,1H3,(H,19,20)(H,21,22)/t10-/m0/s1. The summed E-state index contributed by atoms with van der Waals surface area (Å²) in [6, 6.07) is 12.0. The van der Waals surface area contributed by atoms with Crippen molar-refractivity contribution in [2.24, 2.45) is 0 Å². The zero-order valence-corrected chi connectivity index (χ0v) is 11.8. The summed E-state index contributed by atoms with van der Waals surface area (Å²) >= 11 is 0. The molecule has 0 aliphatic carbocycles. The lowest BCUT2D eigenvalue weighted by molar-refractivity contribution is -0.117. The lowest BCUT2D eigenvalue weighted by atomic mass is 10.0. The second-order valence-corrected chi connectivity index (χ2v) is 4.71. The fourth-order valence-electron chi connectivity index (χ4n) is 1.97. The molecule has 2 rings (SSSR count). The summed E-state index contributed by atoms with van der Waals surface area (Å²) in [5.41, 5.74) is 1.99. The van der Waals surface area contributed by atoms with Gasteiger partial charge in [-0.2, -0.15) is 0 Å². The molecule has 0 radical (unpaired) electrons. The summed E-state index contributed by atoms with van der Waals surface area (Å²) in [6.45, 7) is 1.45. The van der Waals surface area contributed by atoms with Crippen LogP contribution in [0.2, 0.25) is 0 Å². The van der Waals surface area contributed by atoms with Crippen LogP contribution in [0.5, 0.6) is 0 Å². The average molecular weight is 302 g/mol. The Morgan fingerprint density at radius 1 is 1.09 bits per heavy atom. The molecule has 0 heterocycles. The first-order valence-electron chi connectivity index (χ1n) is 6.62. The van der Waals surface area contributed by atoms with E-state index in [9.17, 15) is 14.0 Å². The van der Waals surface area contributed by atoms with Crippen molar-refractivity contribution in [3.63, 3.8) is 0 Å². The van der Waals surface area contributed by atoms with Gasteiger partial charge < -0.3 is 15.7 Å². The number of nitrogens with one attached hydrogen (secondary N) is 2. The van der Waals surface area contributed by atoms with Crippen LogP contribution in [0.4, 0.5) is 14.9 Å². The molecule has 0 unspecified atom stereocenters. The molecule has 0 aliphatic heterocycles. The molecule has 22 heavy (non-hydrogen) atoms. The van der Waals surface area contributed by atoms with E-state index in [2.05, 4.69) is 10.6 Å². The number of benzene rings is 2. The van der Waals surface area contributed by atoms with Gasteiger partial charge in [-0.15, -0.1) is 0 Å². The van der Waals surface area contributed by atoms with Crippen LogP contribution in [0.1, 0.15) is 6.92 Å². The Kier molecular flexibility index (Phi) is 4.73. The molecule has 0 saturated carbocycles. The van der Waals surface area contributed by atoms with Crippen molar-refractivity contribution in [3.8, 4) is 11.1 Å². The van der Waals surface area contributed by atoms with Crippen LogP contribution >= 0.6 is 0 Å². The Morgan fingerprint density at radius 3 is 2.36 bits per heavy atom. The summed E-state index contributed by atoms with van der Waals surface area (Å²) in [7, 11) is 0. The third kappa shape index (κ3) is 3.82. The zero-order chi connectivity index (χ0) is 16.1. The van der Waals surface area contributed by atoms with Gasteiger partial charge in [-0.05, 0) is 30.7 Å². The molecule has 114 valence electrons. The lowest BCUT2D eigenvalue weighted by Crippen LogP contribution is -2.40. The molecular weight excluding hydrogens is 287 g/mol. The predicted octanol–water partition coefficient (Wildman–Crippen LogP) is 3.09. The molecule has 6 heteroatoms. The molecule has 0 spiro atoms. The van der Waals surface area contributed by atoms with Gasteiger partial charge in [-0.1, -0.05) is 30.3 Å². The van der Waals surface area contributed by atoms with Crippen molar-refractivity contribution >= 4 is 17.7 Å². The lowest BCUT2D eigenvalue weighted by Gasteiger charge is -2.15. The van der Waals surface area contributed by atoms with Gasteiger partial charge in [0.15, 0.2) is 0 Å². The first-order valence-corrected chi connectivity index (χ1v) is 6.62. The minimum atomic E-state index is -1.27. The van der Waals surface area contributed by atoms with Gasteiger partial charge in [0, 0.05) is 11.3 Å². The Bertz CT molecular complexity index is 686. The second kappa shape index (κ2) is 6.71. The highest BCUT2D eigenvalue weighted by Gasteiger charge is 2.16. The van der Waals surface area contributed by atoms with E-state index in [1.165, 1.54) is 19.1 Å². The first-order chi connectivity index (χ1) is 10.5. The number of carbonyl (C=O) groups excluding carboxylic acids is 1. The summed E-state index contributed by atoms with van der Waals surface area (Å²) in [5, 5.41) is 13.4. The van der Waals surface area contributed by atoms with Crippen molar-refractivity contribution in [1.29, 1.82) is 0 Å². The van der Waals surface area contributed by atoms with E-state index in [4.69, 9.17) is 5.11 Å². The Labute approximate surface area is 126 Å². The van der Waals surface area contributed by atoms with Crippen molar-refractivity contribution in [3.05, 3.63) is 54.3 Å². The van der Waals surface area contributed by atoms with E-state index >= 15 is 0 Å². The summed E-state index contributed by atoms with van der Waals surface area (Å²) in [4.78, 5) is 22.5. The van der Waals surface area contributed by atoms with Crippen LogP contribution in [-0.4, -0.2) is 23.1 Å². The summed E-state index contributed by atoms with van der Waals surface area (Å²) < 4.78 is 13.0. The van der Waals surface area contributed by atoms with Gasteiger partial charge >= 0.3 is 6.09 Å². The van der Waals surface area contributed by atoms with E-state index in [0.717, 1.165) is 11.1 Å². The smallest absolute Gasteiger partial charge is 0.405 e. The molecule has 0 saturated heterocycles. The minimum Gasteiger partial charge on any atom is -0.465 e. The van der Waals surface area contributed by atoms with Gasteiger partial charge in [-0.3, -0.25) is 4.79 Å². The van der Waals surface area contributed by atoms with Crippen LogP contribution in [0.25, 0.3) is 11.1 Å². The van der Waals surface area contributed by atoms with Crippen molar-refractivity contribution in [1.82, 2.24) is 5.32 Å². The maximum Gasteiger partial charge on any atom is 0.405 e. The topological polar surface area (TPSA) is 78.4 Å². The van der Waals surface area contributed by atoms with Crippen LogP contribution in [0, 0.1) is 5.82 Å². The van der Waals surface area contributed by atoms with Crippen molar-refractivity contribution in [2.75, 3.05) is 5.32 Å². The van der Waals surface area contributed by atoms with Crippen molar-refractivity contribution < 1.29 is 19.1 Å². The molecule has 0 aromatic heterocycles. The maximum absolute atomic E-state index is 13.0. The van der Waals surface area contributed by atoms with Crippen LogP contribution in [-0.2, 0) is 4.79 Å². The number of carboxylic acid groups (broad SMARTS) is 1. The second-order valence-electron chi connectivity index (χ2n) is 4.71. The predicted molar refractivity (Wildman–Crippen MR) is 81.1 cm³/mol. The number of anilines is 1. The molecule has 0 aliphatic rings. The van der Waals surface area contributed by atoms with E-state index in [1.807, 2.05) is 0 Å². The number of hydrogen-bond donors (Lipinski definition) is 3. The molecule has 0 bridgehead atoms. The Morgan fingerprint density at radius 2 is 1.73 bits per heavy atom. The van der Waals surface area contributed by atoms with Gasteiger partial charge in [-0.25, -0.2) is 9.18 Å². The van der Waals surface area contributed by atoms with E-state index in [-0.39, 0.29) is 5.82 Å². The quantitative estimate of drug-likeness (QED) is 0.812. The monoisotopic (exact) mass is 302 g/mol. The number of para-hydroxylation sites is 1. The highest BCUT2D eigenvalue weighted by molar-refractivity contribution is 5.99. The number of hydrogen-bond acceptors (Lipinski definition) is 2. The van der Waals surface area contributed by atoms with Crippen molar-refractivity contribution in [2.45, 2.75) is 13.0 Å². The number of amides is 2. The average Bonchev–Trinajstić information content (AvgIpc) is 2.48. The normalized spacial score (nSPS) is 11.5. The molecule has 2 aromatic carbocycles. The Balaban J connectivity index is 2.23. The summed E-state index contributed by atoms with van der Waals surface area (Å²) in [6.07, 6.45) is -1.27. The van der Waals surface area contributed by atoms with Gasteiger partial charge in [0.05, 0.1) is 0 Å². The third-order valence-electron chi connectivity index (χ3n) is 3.07. The SMILES string of the molecule is C[C@H](NC(=O)O)C(=O)Nc1ccccc1-c1ccc(F)cc1. The molecular formula is C16H15FN2O3. The molecule has 2 aromatic rings. The van der Waals surface area contributed by atoms with Crippen LogP contribution < -0.4 is 10.6 Å². The van der Waals surface area contributed by atoms with E-state index in [1.54, 1.807) is 36.4 Å². The third-order valence-corrected chi connectivity index (χ3v) is 3.07. The summed E-state index contributed by atoms with van der Waals surface area (Å²) in [5.74, 6) is -0.818. The van der Waals surface area contributed by atoms with E-state index < -0.39 is 18.0 Å². The molecule has 5 nitrogen and oxygen atoms in total. The minimum absolute atomic E-state index is 0.343. The number of halogens is 1. The Hall–Kier alpha value is -2.89. The molecule has 0 fully saturated rings. The molecule has 1 atom stereocenters. The van der Waals surface area contributed by atoms with Crippen LogP contribution in [0.15, 0.2) is 48.5 Å². The molecule has 3 N–H and O–H groups in total.